The summed E-state index contributed by atoms with van der Waals surface area (Å²) in [7, 11) is 0. The van der Waals surface area contributed by atoms with Crippen LogP contribution in [0.2, 0.25) is 5.02 Å². The molecule has 2 aromatic carbocycles. The molecule has 1 saturated carbocycles. The van der Waals surface area contributed by atoms with Crippen molar-refractivity contribution in [2.24, 2.45) is 5.41 Å². The molecule has 1 aliphatic rings. The van der Waals surface area contributed by atoms with Crippen LogP contribution in [0.5, 0.6) is 0 Å². The summed E-state index contributed by atoms with van der Waals surface area (Å²) in [4.78, 5) is 17.8. The van der Waals surface area contributed by atoms with Gasteiger partial charge in [-0.3, -0.25) is 9.78 Å². The van der Waals surface area contributed by atoms with Crippen molar-refractivity contribution in [3.05, 3.63) is 87.2 Å². The highest BCUT2D eigenvalue weighted by Crippen LogP contribution is 2.43. The van der Waals surface area contributed by atoms with Crippen LogP contribution in [0.3, 0.4) is 0 Å². The number of aromatic nitrogens is 5. The van der Waals surface area contributed by atoms with Gasteiger partial charge in [-0.1, -0.05) is 49.7 Å². The molecule has 1 fully saturated rings. The van der Waals surface area contributed by atoms with E-state index in [9.17, 15) is 10.1 Å². The molecule has 0 spiro atoms. The zero-order valence-corrected chi connectivity index (χ0v) is 25.8. The second-order valence-electron chi connectivity index (χ2n) is 12.8. The van der Waals surface area contributed by atoms with Gasteiger partial charge in [-0.25, -0.2) is 4.68 Å². The zero-order valence-electron chi connectivity index (χ0n) is 25.1. The first kappa shape index (κ1) is 28.7. The van der Waals surface area contributed by atoms with Crippen LogP contribution in [0.25, 0.3) is 21.7 Å². The standard InChI is InChI=1S/C33H35ClN8O/c1-6-41-13-10-22-23(8-7-9-24(22)31(41)43)30(27-18-42(40-39-27)33(5)11-12-33)38-21-14-25-28(37-19-32(2,3)4)20(16-35)17-36-29(25)26(34)15-21/h7-10,13-15,17-18,30,38H,6,11-12,19H2,1-5H3,(H,36,37). The lowest BCUT2D eigenvalue weighted by atomic mass is 9.96. The number of aryl methyl sites for hydroxylation is 1. The highest BCUT2D eigenvalue weighted by molar-refractivity contribution is 6.35. The van der Waals surface area contributed by atoms with Gasteiger partial charge in [0.2, 0.25) is 0 Å². The van der Waals surface area contributed by atoms with Crippen LogP contribution in [0.1, 0.15) is 70.3 Å². The van der Waals surface area contributed by atoms with Gasteiger partial charge in [0.05, 0.1) is 39.6 Å². The molecule has 0 bridgehead atoms. The summed E-state index contributed by atoms with van der Waals surface area (Å²) in [5.74, 6) is 0. The molecule has 5 aromatic rings. The van der Waals surface area contributed by atoms with Gasteiger partial charge >= 0.3 is 0 Å². The third-order valence-electron chi connectivity index (χ3n) is 8.19. The fourth-order valence-corrected chi connectivity index (χ4v) is 5.64. The lowest BCUT2D eigenvalue weighted by molar-refractivity contribution is 0.443. The van der Waals surface area contributed by atoms with Crippen molar-refractivity contribution in [2.45, 2.75) is 65.6 Å². The summed E-state index contributed by atoms with van der Waals surface area (Å²) in [6, 6.07) is 13.4. The minimum absolute atomic E-state index is 0.0121. The summed E-state index contributed by atoms with van der Waals surface area (Å²) in [5, 5.41) is 28.8. The normalized spacial score (nSPS) is 14.9. The summed E-state index contributed by atoms with van der Waals surface area (Å²) in [6.45, 7) is 11.8. The minimum Gasteiger partial charge on any atom is -0.383 e. The summed E-state index contributed by atoms with van der Waals surface area (Å²) in [6.07, 6.45) is 7.49. The van der Waals surface area contributed by atoms with Crippen molar-refractivity contribution in [2.75, 3.05) is 17.2 Å². The largest absolute Gasteiger partial charge is 0.383 e. The zero-order chi connectivity index (χ0) is 30.5. The molecule has 0 saturated heterocycles. The molecular weight excluding hydrogens is 560 g/mol. The molecule has 43 heavy (non-hydrogen) atoms. The number of nitrogens with one attached hydrogen (secondary N) is 2. The van der Waals surface area contributed by atoms with Gasteiger partial charge in [-0.15, -0.1) is 5.10 Å². The topological polar surface area (TPSA) is 113 Å². The number of anilines is 2. The van der Waals surface area contributed by atoms with E-state index >= 15 is 0 Å². The highest BCUT2D eigenvalue weighted by atomic mass is 35.5. The number of pyridine rings is 2. The Morgan fingerprint density at radius 2 is 1.95 bits per heavy atom. The van der Waals surface area contributed by atoms with Crippen LogP contribution in [-0.2, 0) is 12.1 Å². The van der Waals surface area contributed by atoms with Crippen LogP contribution in [0, 0.1) is 16.7 Å². The molecule has 2 N–H and O–H groups in total. The Morgan fingerprint density at radius 3 is 2.65 bits per heavy atom. The monoisotopic (exact) mass is 594 g/mol. The predicted octanol–water partition coefficient (Wildman–Crippen LogP) is 6.85. The first-order chi connectivity index (χ1) is 20.5. The molecule has 10 heteroatoms. The van der Waals surface area contributed by atoms with E-state index < -0.39 is 6.04 Å². The quantitative estimate of drug-likeness (QED) is 0.202. The number of hydrogen-bond donors (Lipinski definition) is 2. The second kappa shape index (κ2) is 10.7. The van der Waals surface area contributed by atoms with Crippen LogP contribution < -0.4 is 16.2 Å². The SMILES string of the molecule is CCn1ccc2c(C(Nc3cc(Cl)c4ncc(C#N)c(NCC(C)(C)C)c4c3)c3cn(C4(C)CC4)nn3)cccc2c1=O. The van der Waals surface area contributed by atoms with E-state index in [1.54, 1.807) is 10.8 Å². The van der Waals surface area contributed by atoms with E-state index in [4.69, 9.17) is 11.6 Å². The van der Waals surface area contributed by atoms with E-state index in [1.165, 1.54) is 0 Å². The fraction of sp³-hybridized carbons (Fsp3) is 0.364. The maximum absolute atomic E-state index is 13.2. The number of halogens is 1. The Balaban J connectivity index is 1.51. The average Bonchev–Trinajstić information content (AvgIpc) is 3.53. The summed E-state index contributed by atoms with van der Waals surface area (Å²) in [5.41, 5.74) is 4.04. The number of hydrogen-bond acceptors (Lipinski definition) is 7. The first-order valence-corrected chi connectivity index (χ1v) is 15.0. The van der Waals surface area contributed by atoms with Crippen molar-refractivity contribution in [3.8, 4) is 6.07 Å². The first-order valence-electron chi connectivity index (χ1n) is 14.6. The van der Waals surface area contributed by atoms with Crippen LogP contribution in [0.15, 0.2) is 59.8 Å². The number of nitrogens with zero attached hydrogens (tertiary/aromatic N) is 6. The lowest BCUT2D eigenvalue weighted by Crippen LogP contribution is -2.20. The van der Waals surface area contributed by atoms with Crippen molar-refractivity contribution in [1.29, 1.82) is 5.26 Å². The minimum atomic E-state index is -0.441. The van der Waals surface area contributed by atoms with Gasteiger partial charge in [0.1, 0.15) is 11.8 Å². The summed E-state index contributed by atoms with van der Waals surface area (Å²) < 4.78 is 3.64. The number of nitriles is 1. The Kier molecular flexibility index (Phi) is 7.13. The number of rotatable bonds is 8. The van der Waals surface area contributed by atoms with Gasteiger partial charge in [0.15, 0.2) is 0 Å². The Morgan fingerprint density at radius 1 is 1.16 bits per heavy atom. The van der Waals surface area contributed by atoms with Crippen molar-refractivity contribution in [1.82, 2.24) is 24.5 Å². The van der Waals surface area contributed by atoms with E-state index in [0.717, 1.165) is 40.6 Å². The fourth-order valence-electron chi connectivity index (χ4n) is 5.38. The lowest BCUT2D eigenvalue weighted by Gasteiger charge is -2.23. The number of fused-ring (bicyclic) bond motifs is 2. The molecule has 220 valence electrons. The molecule has 3 aromatic heterocycles. The Hall–Kier alpha value is -4.42. The molecule has 0 amide bonds. The Bertz CT molecular complexity index is 1960. The molecule has 3 heterocycles. The smallest absolute Gasteiger partial charge is 0.258 e. The Labute approximate surface area is 255 Å². The van der Waals surface area contributed by atoms with E-state index in [-0.39, 0.29) is 16.5 Å². The van der Waals surface area contributed by atoms with E-state index in [0.29, 0.717) is 40.3 Å². The molecule has 6 rings (SSSR count). The predicted molar refractivity (Wildman–Crippen MR) is 172 cm³/mol. The molecule has 1 atom stereocenters. The van der Waals surface area contributed by atoms with Crippen molar-refractivity contribution >= 4 is 44.7 Å². The van der Waals surface area contributed by atoms with Gasteiger partial charge in [-0.05, 0) is 67.3 Å². The third kappa shape index (κ3) is 5.43. The van der Waals surface area contributed by atoms with Gasteiger partial charge in [0.25, 0.3) is 5.56 Å². The molecule has 1 unspecified atom stereocenters. The van der Waals surface area contributed by atoms with Crippen LogP contribution >= 0.6 is 11.6 Å². The average molecular weight is 595 g/mol. The maximum atomic E-state index is 13.2. The maximum Gasteiger partial charge on any atom is 0.258 e. The second-order valence-corrected chi connectivity index (χ2v) is 13.2. The van der Waals surface area contributed by atoms with E-state index in [2.05, 4.69) is 59.7 Å². The summed E-state index contributed by atoms with van der Waals surface area (Å²) >= 11 is 6.83. The third-order valence-corrected chi connectivity index (χ3v) is 8.48. The number of benzene rings is 2. The van der Waals surface area contributed by atoms with E-state index in [1.807, 2.05) is 60.4 Å². The highest BCUT2D eigenvalue weighted by Gasteiger charge is 2.41. The molecule has 0 aliphatic heterocycles. The molecular formula is C33H35ClN8O. The van der Waals surface area contributed by atoms with Crippen molar-refractivity contribution < 1.29 is 0 Å². The van der Waals surface area contributed by atoms with Gasteiger partial charge < -0.3 is 15.2 Å². The van der Waals surface area contributed by atoms with Crippen LogP contribution in [-0.4, -0.2) is 31.1 Å². The molecule has 9 nitrogen and oxygen atoms in total. The van der Waals surface area contributed by atoms with Gasteiger partial charge in [-0.2, -0.15) is 5.26 Å². The van der Waals surface area contributed by atoms with Gasteiger partial charge in [0, 0.05) is 41.9 Å². The molecule has 0 radical (unpaired) electrons. The molecule has 1 aliphatic carbocycles. The van der Waals surface area contributed by atoms with Crippen LogP contribution in [0.4, 0.5) is 11.4 Å². The van der Waals surface area contributed by atoms with Crippen molar-refractivity contribution in [3.63, 3.8) is 0 Å².